The standard InChI is InChI=1S/C17H19N3O2/c1-20-16-4-2-12(8-13(16)3-5-17(20)22)14-9-15(11-18-10-14)19-6-7-21/h2,4,8-11,19,21H,3,5-7H2,1H3/p+1. The molecule has 3 rings (SSSR count). The zero-order valence-electron chi connectivity index (χ0n) is 12.6. The summed E-state index contributed by atoms with van der Waals surface area (Å²) in [5, 5.41) is 10.4. The fourth-order valence-electron chi connectivity index (χ4n) is 2.74. The topological polar surface area (TPSA) is 68.1 Å². The molecule has 114 valence electrons. The van der Waals surface area contributed by atoms with Crippen molar-refractivity contribution < 1.29 is 9.90 Å². The van der Waals surface area contributed by atoms with Gasteiger partial charge in [-0.15, -0.1) is 0 Å². The third-order valence-corrected chi connectivity index (χ3v) is 3.95. The quantitative estimate of drug-likeness (QED) is 0.875. The van der Waals surface area contributed by atoms with E-state index >= 15 is 0 Å². The molecule has 0 spiro atoms. The van der Waals surface area contributed by atoms with Gasteiger partial charge in [0.2, 0.25) is 5.91 Å². The summed E-state index contributed by atoms with van der Waals surface area (Å²) < 4.78 is 0. The van der Waals surface area contributed by atoms with Gasteiger partial charge in [0, 0.05) is 37.1 Å². The zero-order chi connectivity index (χ0) is 15.5. The molecular weight excluding hydrogens is 278 g/mol. The molecule has 0 aliphatic carbocycles. The molecule has 1 aromatic heterocycles. The van der Waals surface area contributed by atoms with Gasteiger partial charge < -0.3 is 15.3 Å². The highest BCUT2D eigenvalue weighted by Crippen LogP contribution is 2.31. The number of fused-ring (bicyclic) bond motifs is 1. The lowest BCUT2D eigenvalue weighted by molar-refractivity contribution is -0.118. The van der Waals surface area contributed by atoms with Crippen LogP contribution in [0.25, 0.3) is 11.1 Å². The van der Waals surface area contributed by atoms with Gasteiger partial charge in [-0.1, -0.05) is 6.07 Å². The highest BCUT2D eigenvalue weighted by Gasteiger charge is 2.20. The monoisotopic (exact) mass is 298 g/mol. The van der Waals surface area contributed by atoms with Crippen LogP contribution in [-0.4, -0.2) is 36.2 Å². The highest BCUT2D eigenvalue weighted by atomic mass is 16.3. The van der Waals surface area contributed by atoms with Crippen LogP contribution in [0.1, 0.15) is 12.0 Å². The summed E-state index contributed by atoms with van der Waals surface area (Å²) in [6.07, 6.45) is 4.96. The molecule has 5 nitrogen and oxygen atoms in total. The molecule has 1 aromatic carbocycles. The van der Waals surface area contributed by atoms with Crippen LogP contribution in [0.4, 0.5) is 11.4 Å². The number of hydrogen-bond acceptors (Lipinski definition) is 3. The van der Waals surface area contributed by atoms with Crippen molar-refractivity contribution in [3.05, 3.63) is 42.2 Å². The minimum atomic E-state index is 0.170. The van der Waals surface area contributed by atoms with E-state index in [4.69, 9.17) is 5.11 Å². The highest BCUT2D eigenvalue weighted by molar-refractivity contribution is 5.96. The number of carbonyl (C=O) groups is 1. The van der Waals surface area contributed by atoms with Gasteiger partial charge in [0.15, 0.2) is 6.61 Å². The lowest BCUT2D eigenvalue weighted by Gasteiger charge is -2.26. The van der Waals surface area contributed by atoms with Crippen molar-refractivity contribution in [2.45, 2.75) is 12.8 Å². The van der Waals surface area contributed by atoms with Gasteiger partial charge in [0.05, 0.1) is 12.2 Å². The average Bonchev–Trinajstić information content (AvgIpc) is 2.56. The fourth-order valence-corrected chi connectivity index (χ4v) is 2.74. The van der Waals surface area contributed by atoms with Crippen molar-refractivity contribution in [3.8, 4) is 11.1 Å². The second kappa shape index (κ2) is 6.15. The molecule has 0 bridgehead atoms. The number of carbonyl (C=O) groups excluding carboxylic acids is 1. The lowest BCUT2D eigenvalue weighted by atomic mass is 9.96. The molecule has 0 saturated heterocycles. The molecule has 1 aliphatic rings. The Kier molecular flexibility index (Phi) is 4.06. The molecular formula is C17H20N3O2+. The first kappa shape index (κ1) is 14.5. The number of rotatable bonds is 4. The number of hydrogen-bond donors (Lipinski definition) is 1. The summed E-state index contributed by atoms with van der Waals surface area (Å²) in [7, 11) is 1.83. The Hall–Kier alpha value is -2.40. The van der Waals surface area contributed by atoms with Gasteiger partial charge in [-0.05, 0) is 35.7 Å². The normalized spacial score (nSPS) is 13.9. The van der Waals surface area contributed by atoms with E-state index in [1.54, 1.807) is 11.1 Å². The maximum absolute atomic E-state index is 11.7. The first-order valence-electron chi connectivity index (χ1n) is 7.42. The van der Waals surface area contributed by atoms with Gasteiger partial charge in [-0.3, -0.25) is 9.78 Å². The SMILES string of the molecule is CN1C(=O)CCc2cc(-c3cncc(NCC[OH2+])c3)ccc21. The van der Waals surface area contributed by atoms with Crippen LogP contribution in [0.3, 0.4) is 0 Å². The molecule has 2 heterocycles. The predicted octanol–water partition coefficient (Wildman–Crippen LogP) is 1.79. The first-order valence-corrected chi connectivity index (χ1v) is 7.42. The van der Waals surface area contributed by atoms with Crippen molar-refractivity contribution in [1.82, 2.24) is 4.98 Å². The number of aromatic nitrogens is 1. The summed E-state index contributed by atoms with van der Waals surface area (Å²) in [4.78, 5) is 17.7. The molecule has 0 radical (unpaired) electrons. The second-order valence-electron chi connectivity index (χ2n) is 5.44. The van der Waals surface area contributed by atoms with Crippen molar-refractivity contribution in [2.75, 3.05) is 30.4 Å². The largest absolute Gasteiger partial charge is 0.444 e. The minimum absolute atomic E-state index is 0.170. The predicted molar refractivity (Wildman–Crippen MR) is 88.4 cm³/mol. The second-order valence-corrected chi connectivity index (χ2v) is 5.44. The molecule has 3 N–H and O–H groups in total. The Morgan fingerprint density at radius 1 is 1.23 bits per heavy atom. The Morgan fingerprint density at radius 2 is 2.09 bits per heavy atom. The summed E-state index contributed by atoms with van der Waals surface area (Å²) in [5.74, 6) is 0.170. The molecule has 0 atom stereocenters. The van der Waals surface area contributed by atoms with E-state index in [0.29, 0.717) is 19.6 Å². The van der Waals surface area contributed by atoms with Crippen LogP contribution < -0.4 is 10.2 Å². The fraction of sp³-hybridized carbons (Fsp3) is 0.294. The summed E-state index contributed by atoms with van der Waals surface area (Å²) in [6, 6.07) is 8.22. The van der Waals surface area contributed by atoms with Crippen molar-refractivity contribution >= 4 is 17.3 Å². The molecule has 0 fully saturated rings. The third-order valence-electron chi connectivity index (χ3n) is 3.95. The van der Waals surface area contributed by atoms with Crippen LogP contribution in [0.15, 0.2) is 36.7 Å². The van der Waals surface area contributed by atoms with Crippen molar-refractivity contribution in [2.24, 2.45) is 0 Å². The lowest BCUT2D eigenvalue weighted by Crippen LogP contribution is -2.30. The summed E-state index contributed by atoms with van der Waals surface area (Å²) >= 11 is 0. The minimum Gasteiger partial charge on any atom is -0.444 e. The first-order chi connectivity index (χ1) is 10.7. The van der Waals surface area contributed by atoms with E-state index in [0.717, 1.165) is 28.9 Å². The Bertz CT molecular complexity index is 700. The van der Waals surface area contributed by atoms with E-state index in [-0.39, 0.29) is 5.91 Å². The van der Waals surface area contributed by atoms with Gasteiger partial charge in [0.25, 0.3) is 0 Å². The number of amides is 1. The average molecular weight is 298 g/mol. The number of benzene rings is 1. The van der Waals surface area contributed by atoms with E-state index in [2.05, 4.69) is 16.4 Å². The van der Waals surface area contributed by atoms with Crippen molar-refractivity contribution in [1.29, 1.82) is 0 Å². The third kappa shape index (κ3) is 2.80. The molecule has 1 aliphatic heterocycles. The number of nitrogens with zero attached hydrogens (tertiary/aromatic N) is 2. The van der Waals surface area contributed by atoms with Crippen LogP contribution in [0, 0.1) is 0 Å². The van der Waals surface area contributed by atoms with Gasteiger partial charge >= 0.3 is 0 Å². The molecule has 5 heteroatoms. The van der Waals surface area contributed by atoms with E-state index in [9.17, 15) is 4.79 Å². The van der Waals surface area contributed by atoms with E-state index < -0.39 is 0 Å². The van der Waals surface area contributed by atoms with Crippen LogP contribution >= 0.6 is 0 Å². The summed E-state index contributed by atoms with van der Waals surface area (Å²) in [6.45, 7) is 0.950. The molecule has 1 amide bonds. The molecule has 0 saturated carbocycles. The van der Waals surface area contributed by atoms with E-state index in [1.807, 2.05) is 31.4 Å². The van der Waals surface area contributed by atoms with Crippen LogP contribution in [-0.2, 0) is 11.2 Å². The number of nitrogens with one attached hydrogen (secondary N) is 1. The number of aryl methyl sites for hydroxylation is 1. The van der Waals surface area contributed by atoms with Crippen LogP contribution in [0.5, 0.6) is 0 Å². The van der Waals surface area contributed by atoms with E-state index in [1.165, 1.54) is 5.56 Å². The Balaban J connectivity index is 1.91. The maximum atomic E-state index is 11.7. The molecule has 22 heavy (non-hydrogen) atoms. The van der Waals surface area contributed by atoms with Crippen LogP contribution in [0.2, 0.25) is 0 Å². The maximum Gasteiger partial charge on any atom is 0.227 e. The number of anilines is 2. The zero-order valence-corrected chi connectivity index (χ0v) is 12.6. The summed E-state index contributed by atoms with van der Waals surface area (Å²) in [5.41, 5.74) is 5.26. The molecule has 0 unspecified atom stereocenters. The molecule has 2 aromatic rings. The Morgan fingerprint density at radius 3 is 2.91 bits per heavy atom. The van der Waals surface area contributed by atoms with Gasteiger partial charge in [-0.25, -0.2) is 0 Å². The van der Waals surface area contributed by atoms with Gasteiger partial charge in [0.1, 0.15) is 0 Å². The number of pyridine rings is 1. The van der Waals surface area contributed by atoms with Gasteiger partial charge in [-0.2, -0.15) is 0 Å². The van der Waals surface area contributed by atoms with Crippen molar-refractivity contribution in [3.63, 3.8) is 0 Å². The Labute approximate surface area is 129 Å². The smallest absolute Gasteiger partial charge is 0.227 e.